The van der Waals surface area contributed by atoms with Crippen molar-refractivity contribution in [2.75, 3.05) is 33.4 Å². The summed E-state index contributed by atoms with van der Waals surface area (Å²) in [5, 5.41) is 9.31. The maximum atomic E-state index is 14.1. The van der Waals surface area contributed by atoms with Gasteiger partial charge in [0.1, 0.15) is 11.6 Å². The quantitative estimate of drug-likeness (QED) is 0.873. The summed E-state index contributed by atoms with van der Waals surface area (Å²) in [5.74, 6) is 0.311. The number of methoxy groups -OCH3 is 1. The zero-order chi connectivity index (χ0) is 16.1. The molecule has 22 heavy (non-hydrogen) atoms. The van der Waals surface area contributed by atoms with Crippen LogP contribution in [0.5, 0.6) is 5.75 Å². The highest BCUT2D eigenvalue weighted by molar-refractivity contribution is 5.28. The Balaban J connectivity index is 2.07. The zero-order valence-electron chi connectivity index (χ0n) is 13.8. The van der Waals surface area contributed by atoms with Crippen LogP contribution in [0.3, 0.4) is 0 Å². The second-order valence-electron chi connectivity index (χ2n) is 6.18. The van der Waals surface area contributed by atoms with E-state index in [0.717, 1.165) is 26.1 Å². The topological polar surface area (TPSA) is 35.9 Å². The van der Waals surface area contributed by atoms with Gasteiger partial charge >= 0.3 is 0 Å². The Bertz CT molecular complexity index is 482. The predicted molar refractivity (Wildman–Crippen MR) is 85.6 cm³/mol. The van der Waals surface area contributed by atoms with Crippen molar-refractivity contribution in [1.82, 2.24) is 9.80 Å². The van der Waals surface area contributed by atoms with Crippen molar-refractivity contribution in [1.29, 1.82) is 0 Å². The number of aliphatic hydroxyl groups is 1. The molecule has 0 bridgehead atoms. The van der Waals surface area contributed by atoms with Crippen LogP contribution in [-0.4, -0.2) is 60.3 Å². The van der Waals surface area contributed by atoms with Crippen molar-refractivity contribution >= 4 is 0 Å². The average Bonchev–Trinajstić information content (AvgIpc) is 2.50. The minimum Gasteiger partial charge on any atom is -0.497 e. The van der Waals surface area contributed by atoms with Crippen LogP contribution in [0.25, 0.3) is 0 Å². The summed E-state index contributed by atoms with van der Waals surface area (Å²) >= 11 is 0. The van der Waals surface area contributed by atoms with E-state index in [1.165, 1.54) is 13.2 Å². The van der Waals surface area contributed by atoms with Gasteiger partial charge in [-0.1, -0.05) is 6.07 Å². The highest BCUT2D eigenvalue weighted by atomic mass is 19.1. The molecule has 1 unspecified atom stereocenters. The SMILES string of the molecule is COc1ccc(CN2CCN(C(C)C)CC2CCO)c(F)c1. The van der Waals surface area contributed by atoms with Crippen molar-refractivity contribution < 1.29 is 14.2 Å². The third-order valence-electron chi connectivity index (χ3n) is 4.46. The molecule has 1 aromatic carbocycles. The Morgan fingerprint density at radius 1 is 1.36 bits per heavy atom. The van der Waals surface area contributed by atoms with Crippen LogP contribution in [0, 0.1) is 5.82 Å². The maximum Gasteiger partial charge on any atom is 0.131 e. The second-order valence-corrected chi connectivity index (χ2v) is 6.18. The highest BCUT2D eigenvalue weighted by Gasteiger charge is 2.28. The number of halogens is 1. The molecule has 0 radical (unpaired) electrons. The van der Waals surface area contributed by atoms with E-state index in [9.17, 15) is 9.50 Å². The van der Waals surface area contributed by atoms with E-state index in [1.54, 1.807) is 12.1 Å². The molecule has 5 heteroatoms. The fourth-order valence-electron chi connectivity index (χ4n) is 3.02. The van der Waals surface area contributed by atoms with Gasteiger partial charge in [-0.05, 0) is 26.3 Å². The molecule has 1 fully saturated rings. The summed E-state index contributed by atoms with van der Waals surface area (Å²) in [4.78, 5) is 4.70. The van der Waals surface area contributed by atoms with Crippen LogP contribution in [0.1, 0.15) is 25.8 Å². The molecule has 1 N–H and O–H groups in total. The molecule has 0 saturated carbocycles. The molecule has 0 amide bonds. The molecule has 1 aliphatic heterocycles. The minimum atomic E-state index is -0.228. The van der Waals surface area contributed by atoms with E-state index in [-0.39, 0.29) is 18.5 Å². The number of benzene rings is 1. The average molecular weight is 310 g/mol. The lowest BCUT2D eigenvalue weighted by molar-refractivity contribution is 0.0383. The third-order valence-corrected chi connectivity index (χ3v) is 4.46. The Hall–Kier alpha value is -1.17. The maximum absolute atomic E-state index is 14.1. The van der Waals surface area contributed by atoms with Crippen LogP contribution in [0.15, 0.2) is 18.2 Å². The molecule has 1 aliphatic rings. The van der Waals surface area contributed by atoms with E-state index in [2.05, 4.69) is 23.6 Å². The fourth-order valence-corrected chi connectivity index (χ4v) is 3.02. The lowest BCUT2D eigenvalue weighted by atomic mass is 10.1. The number of rotatable bonds is 6. The van der Waals surface area contributed by atoms with Crippen LogP contribution in [-0.2, 0) is 6.54 Å². The minimum absolute atomic E-state index is 0.165. The number of hydrogen-bond donors (Lipinski definition) is 1. The molecule has 2 rings (SSSR count). The normalized spacial score (nSPS) is 20.5. The van der Waals surface area contributed by atoms with Crippen LogP contribution >= 0.6 is 0 Å². The first-order valence-corrected chi connectivity index (χ1v) is 7.96. The molecule has 1 atom stereocenters. The van der Waals surface area contributed by atoms with Gasteiger partial charge in [-0.2, -0.15) is 0 Å². The molecular weight excluding hydrogens is 283 g/mol. The Labute approximate surface area is 132 Å². The van der Waals surface area contributed by atoms with Gasteiger partial charge in [0.05, 0.1) is 7.11 Å². The number of nitrogens with zero attached hydrogens (tertiary/aromatic N) is 2. The smallest absolute Gasteiger partial charge is 0.131 e. The molecule has 1 saturated heterocycles. The number of piperazine rings is 1. The zero-order valence-corrected chi connectivity index (χ0v) is 13.8. The molecule has 124 valence electrons. The summed E-state index contributed by atoms with van der Waals surface area (Å²) in [6, 6.07) is 5.78. The van der Waals surface area contributed by atoms with E-state index < -0.39 is 0 Å². The molecular formula is C17H27FN2O2. The van der Waals surface area contributed by atoms with E-state index in [1.807, 2.05) is 0 Å². The summed E-state index contributed by atoms with van der Waals surface area (Å²) in [7, 11) is 1.54. The van der Waals surface area contributed by atoms with Crippen LogP contribution < -0.4 is 4.74 Å². The molecule has 0 aromatic heterocycles. The molecule has 1 aromatic rings. The summed E-state index contributed by atoms with van der Waals surface area (Å²) < 4.78 is 19.2. The van der Waals surface area contributed by atoms with E-state index in [4.69, 9.17) is 4.74 Å². The highest BCUT2D eigenvalue weighted by Crippen LogP contribution is 2.22. The van der Waals surface area contributed by atoms with Gasteiger partial charge in [0.15, 0.2) is 0 Å². The van der Waals surface area contributed by atoms with Gasteiger partial charge in [-0.15, -0.1) is 0 Å². The van der Waals surface area contributed by atoms with Crippen LogP contribution in [0.4, 0.5) is 4.39 Å². The number of ether oxygens (including phenoxy) is 1. The van der Waals surface area contributed by atoms with E-state index >= 15 is 0 Å². The molecule has 0 aliphatic carbocycles. The van der Waals surface area contributed by atoms with Gasteiger partial charge in [0, 0.05) is 56.5 Å². The van der Waals surface area contributed by atoms with Gasteiger partial charge in [0.2, 0.25) is 0 Å². The predicted octanol–water partition coefficient (Wildman–Crippen LogP) is 2.11. The van der Waals surface area contributed by atoms with Gasteiger partial charge in [-0.3, -0.25) is 9.80 Å². The third kappa shape index (κ3) is 4.18. The van der Waals surface area contributed by atoms with Crippen molar-refractivity contribution in [2.24, 2.45) is 0 Å². The van der Waals surface area contributed by atoms with Crippen molar-refractivity contribution in [3.05, 3.63) is 29.6 Å². The summed E-state index contributed by atoms with van der Waals surface area (Å²) in [6.07, 6.45) is 0.723. The van der Waals surface area contributed by atoms with Gasteiger partial charge in [-0.25, -0.2) is 4.39 Å². The van der Waals surface area contributed by atoms with E-state index in [0.29, 0.717) is 23.9 Å². The Morgan fingerprint density at radius 3 is 2.73 bits per heavy atom. The summed E-state index contributed by atoms with van der Waals surface area (Å²) in [5.41, 5.74) is 0.682. The Kier molecular flexibility index (Phi) is 6.17. The lowest BCUT2D eigenvalue weighted by Gasteiger charge is -2.43. The largest absolute Gasteiger partial charge is 0.497 e. The monoisotopic (exact) mass is 310 g/mol. The van der Waals surface area contributed by atoms with Crippen molar-refractivity contribution in [3.8, 4) is 5.75 Å². The van der Waals surface area contributed by atoms with Gasteiger partial charge in [0.25, 0.3) is 0 Å². The first-order chi connectivity index (χ1) is 10.5. The standard InChI is InChI=1S/C17H27FN2O2/c1-13(2)19-7-8-20(15(12-19)6-9-21)11-14-4-5-16(22-3)10-17(14)18/h4-5,10,13,15,21H,6-9,11-12H2,1-3H3. The number of aliphatic hydroxyl groups excluding tert-OH is 1. The first-order valence-electron chi connectivity index (χ1n) is 7.96. The Morgan fingerprint density at radius 2 is 2.14 bits per heavy atom. The van der Waals surface area contributed by atoms with Gasteiger partial charge < -0.3 is 9.84 Å². The first kappa shape index (κ1) is 17.2. The molecule has 4 nitrogen and oxygen atoms in total. The summed E-state index contributed by atoms with van der Waals surface area (Å²) in [6.45, 7) is 7.93. The van der Waals surface area contributed by atoms with Crippen molar-refractivity contribution in [2.45, 2.75) is 38.9 Å². The second kappa shape index (κ2) is 7.90. The molecule has 0 spiro atoms. The van der Waals surface area contributed by atoms with Crippen molar-refractivity contribution in [3.63, 3.8) is 0 Å². The van der Waals surface area contributed by atoms with Crippen LogP contribution in [0.2, 0.25) is 0 Å². The molecule has 1 heterocycles. The lowest BCUT2D eigenvalue weighted by Crippen LogP contribution is -2.54. The number of hydrogen-bond acceptors (Lipinski definition) is 4. The fraction of sp³-hybridized carbons (Fsp3) is 0.647.